The highest BCUT2D eigenvalue weighted by atomic mass is 16.4. The van der Waals surface area contributed by atoms with E-state index in [2.05, 4.69) is 32.9 Å². The molecule has 0 amide bonds. The van der Waals surface area contributed by atoms with E-state index in [0.717, 1.165) is 6.08 Å². The average Bonchev–Trinajstić information content (AvgIpc) is 2.70. The second-order valence-electron chi connectivity index (χ2n) is 4.24. The van der Waals surface area contributed by atoms with Gasteiger partial charge in [-0.05, 0) is 11.1 Å². The fourth-order valence-corrected chi connectivity index (χ4v) is 1.18. The van der Waals surface area contributed by atoms with Crippen LogP contribution in [0.25, 0.3) is 12.2 Å². The zero-order valence-electron chi connectivity index (χ0n) is 14.6. The molecule has 1 N–H and O–H groups in total. The maximum absolute atomic E-state index is 9.25. The van der Waals surface area contributed by atoms with Gasteiger partial charge < -0.3 is 5.11 Å². The molecule has 2 aromatic rings. The van der Waals surface area contributed by atoms with E-state index in [0.29, 0.717) is 0 Å². The largest absolute Gasteiger partial charge is 0.478 e. The number of carboxylic acid groups (broad SMARTS) is 1. The van der Waals surface area contributed by atoms with Crippen LogP contribution in [0.3, 0.4) is 0 Å². The summed E-state index contributed by atoms with van der Waals surface area (Å²) in [6.07, 6.45) is 7.78. The monoisotopic (exact) mass is 334 g/mol. The summed E-state index contributed by atoms with van der Waals surface area (Å²) in [4.78, 5) is 9.25. The molecule has 0 radical (unpaired) electrons. The number of rotatable bonds is 4. The lowest BCUT2D eigenvalue weighted by atomic mass is 10.2. The van der Waals surface area contributed by atoms with Crippen molar-refractivity contribution in [3.63, 3.8) is 0 Å². The summed E-state index contributed by atoms with van der Waals surface area (Å²) in [7, 11) is 0. The second-order valence-corrected chi connectivity index (χ2v) is 4.24. The van der Waals surface area contributed by atoms with Crippen molar-refractivity contribution in [3.8, 4) is 0 Å². The first kappa shape index (κ1) is 23.9. The van der Waals surface area contributed by atoms with Gasteiger partial charge in [0.15, 0.2) is 0 Å². The Balaban J connectivity index is 0. The van der Waals surface area contributed by atoms with Crippen LogP contribution >= 0.6 is 0 Å². The molecule has 0 aliphatic carbocycles. The maximum Gasteiger partial charge on any atom is 0.327 e. The molecule has 0 saturated carbocycles. The van der Waals surface area contributed by atoms with Gasteiger partial charge in [-0.3, -0.25) is 0 Å². The number of hydrogen-bond acceptors (Lipinski definition) is 1. The first-order valence-electron chi connectivity index (χ1n) is 7.49. The Morgan fingerprint density at radius 3 is 1.08 bits per heavy atom. The number of benzene rings is 2. The van der Waals surface area contributed by atoms with E-state index in [4.69, 9.17) is 5.11 Å². The lowest BCUT2D eigenvalue weighted by Crippen LogP contribution is -1.82. The summed E-state index contributed by atoms with van der Waals surface area (Å²) in [5.41, 5.74) is 2.35. The molecule has 0 fully saturated rings. The van der Waals surface area contributed by atoms with Crippen molar-refractivity contribution < 1.29 is 9.90 Å². The molecular formula is C23H26O2. The molecule has 0 unspecified atom stereocenters. The van der Waals surface area contributed by atoms with E-state index in [1.54, 1.807) is 12.2 Å². The smallest absolute Gasteiger partial charge is 0.327 e. The standard InChI is InChI=1S/2C8H8.C4H6.C3H4O2/c2*1-2-8-6-4-3-5-7-8;1-3-4-2;1-2-3(4)5/h2*2-7H,1H2;3-4H,1-2H2;2H,1H2,(H,4,5). The zero-order chi connectivity index (χ0) is 19.3. The van der Waals surface area contributed by atoms with Gasteiger partial charge >= 0.3 is 5.97 Å². The van der Waals surface area contributed by atoms with Crippen LogP contribution in [0.5, 0.6) is 0 Å². The normalized spacial score (nSPS) is 7.52. The molecule has 0 spiro atoms. The molecule has 0 aliphatic rings. The van der Waals surface area contributed by atoms with Crippen molar-refractivity contribution in [2.24, 2.45) is 0 Å². The molecule has 0 bridgehead atoms. The van der Waals surface area contributed by atoms with Crippen molar-refractivity contribution >= 4 is 18.1 Å². The predicted molar refractivity (Wildman–Crippen MR) is 111 cm³/mol. The minimum absolute atomic E-state index is 0.833. The Kier molecular flexibility index (Phi) is 17.8. The minimum atomic E-state index is -0.981. The summed E-state index contributed by atoms with van der Waals surface area (Å²) in [5, 5.41) is 7.60. The third-order valence-corrected chi connectivity index (χ3v) is 2.41. The Hall–Kier alpha value is -3.39. The van der Waals surface area contributed by atoms with Crippen molar-refractivity contribution in [1.82, 2.24) is 0 Å². The zero-order valence-corrected chi connectivity index (χ0v) is 14.6. The topological polar surface area (TPSA) is 37.3 Å². The molecule has 0 aromatic heterocycles. The van der Waals surface area contributed by atoms with Crippen LogP contribution in [0.15, 0.2) is 112 Å². The lowest BCUT2D eigenvalue weighted by molar-refractivity contribution is -0.131. The quantitative estimate of drug-likeness (QED) is 0.528. The Morgan fingerprint density at radius 2 is 0.960 bits per heavy atom. The number of aliphatic carboxylic acids is 1. The van der Waals surface area contributed by atoms with Crippen molar-refractivity contribution in [2.75, 3.05) is 0 Å². The van der Waals surface area contributed by atoms with E-state index in [-0.39, 0.29) is 0 Å². The van der Waals surface area contributed by atoms with Gasteiger partial charge in [-0.2, -0.15) is 0 Å². The van der Waals surface area contributed by atoms with Crippen LogP contribution in [0, 0.1) is 0 Å². The van der Waals surface area contributed by atoms with Crippen LogP contribution in [-0.4, -0.2) is 11.1 Å². The third kappa shape index (κ3) is 18.6. The van der Waals surface area contributed by atoms with Crippen LogP contribution in [0.1, 0.15) is 11.1 Å². The van der Waals surface area contributed by atoms with Crippen LogP contribution in [-0.2, 0) is 4.79 Å². The van der Waals surface area contributed by atoms with Crippen molar-refractivity contribution in [1.29, 1.82) is 0 Å². The number of allylic oxidation sites excluding steroid dienone is 2. The second kappa shape index (κ2) is 18.7. The van der Waals surface area contributed by atoms with E-state index >= 15 is 0 Å². The molecule has 2 nitrogen and oxygen atoms in total. The molecule has 130 valence electrons. The lowest BCUT2D eigenvalue weighted by Gasteiger charge is -1.85. The van der Waals surface area contributed by atoms with Gasteiger partial charge in [-0.25, -0.2) is 4.79 Å². The summed E-state index contributed by atoms with van der Waals surface area (Å²) >= 11 is 0. The summed E-state index contributed by atoms with van der Waals surface area (Å²) in [6.45, 7) is 16.9. The molecule has 0 aliphatic heterocycles. The van der Waals surface area contributed by atoms with E-state index < -0.39 is 5.97 Å². The van der Waals surface area contributed by atoms with Crippen molar-refractivity contribution in [3.05, 3.63) is 123 Å². The van der Waals surface area contributed by atoms with E-state index in [9.17, 15) is 4.79 Å². The highest BCUT2D eigenvalue weighted by molar-refractivity contribution is 5.78. The van der Waals surface area contributed by atoms with Gasteiger partial charge in [0.1, 0.15) is 0 Å². The molecular weight excluding hydrogens is 308 g/mol. The van der Waals surface area contributed by atoms with Crippen LogP contribution in [0.4, 0.5) is 0 Å². The van der Waals surface area contributed by atoms with Gasteiger partial charge in [0, 0.05) is 6.08 Å². The Morgan fingerprint density at radius 1 is 0.680 bits per heavy atom. The third-order valence-electron chi connectivity index (χ3n) is 2.41. The van der Waals surface area contributed by atoms with Crippen LogP contribution in [0.2, 0.25) is 0 Å². The van der Waals surface area contributed by atoms with Gasteiger partial charge in [0.25, 0.3) is 0 Å². The number of carbonyl (C=O) groups is 1. The van der Waals surface area contributed by atoms with E-state index in [1.165, 1.54) is 11.1 Å². The van der Waals surface area contributed by atoms with Gasteiger partial charge in [-0.15, -0.1) is 0 Å². The SMILES string of the molecule is C=CC(=O)O.C=CC=C.C=Cc1ccccc1.C=Cc1ccccc1. The molecule has 2 aromatic carbocycles. The summed E-state index contributed by atoms with van der Waals surface area (Å²) < 4.78 is 0. The van der Waals surface area contributed by atoms with Gasteiger partial charge in [-0.1, -0.05) is 118 Å². The van der Waals surface area contributed by atoms with Crippen molar-refractivity contribution in [2.45, 2.75) is 0 Å². The first-order valence-corrected chi connectivity index (χ1v) is 7.49. The highest BCUT2D eigenvalue weighted by Gasteiger charge is 1.76. The fraction of sp³-hybridized carbons (Fsp3) is 0. The Labute approximate surface area is 151 Å². The minimum Gasteiger partial charge on any atom is -0.478 e. The highest BCUT2D eigenvalue weighted by Crippen LogP contribution is 1.98. The molecule has 25 heavy (non-hydrogen) atoms. The van der Waals surface area contributed by atoms with Gasteiger partial charge in [0.2, 0.25) is 0 Å². The Bertz CT molecular complexity index is 576. The summed E-state index contributed by atoms with van der Waals surface area (Å²) in [6, 6.07) is 20.1. The van der Waals surface area contributed by atoms with Crippen LogP contribution < -0.4 is 0 Å². The molecule has 0 atom stereocenters. The van der Waals surface area contributed by atoms with Gasteiger partial charge in [0.05, 0.1) is 0 Å². The average molecular weight is 334 g/mol. The molecule has 2 heteroatoms. The first-order chi connectivity index (χ1) is 12.0. The molecule has 0 heterocycles. The number of hydrogen-bond donors (Lipinski definition) is 1. The fourth-order valence-electron chi connectivity index (χ4n) is 1.18. The molecule has 0 saturated heterocycles. The van der Waals surface area contributed by atoms with E-state index in [1.807, 2.05) is 72.8 Å². The number of carboxylic acids is 1. The maximum atomic E-state index is 9.25. The molecule has 2 rings (SSSR count). The summed E-state index contributed by atoms with van der Waals surface area (Å²) in [5.74, 6) is -0.981. The predicted octanol–water partition coefficient (Wildman–Crippen LogP) is 6.27.